The Balaban J connectivity index is 1.80. The number of rotatable bonds is 9. The van der Waals surface area contributed by atoms with E-state index >= 15 is 0 Å². The number of nitrogens with one attached hydrogen (secondary N) is 1. The van der Waals surface area contributed by atoms with Gasteiger partial charge in [-0.05, 0) is 62.2 Å². The molecule has 0 saturated heterocycles. The Morgan fingerprint density at radius 2 is 1.67 bits per heavy atom. The predicted molar refractivity (Wildman–Crippen MR) is 140 cm³/mol. The Kier molecular flexibility index (Phi) is 7.33. The van der Waals surface area contributed by atoms with Crippen LogP contribution < -0.4 is 15.0 Å². The highest BCUT2D eigenvalue weighted by Crippen LogP contribution is 2.31. The van der Waals surface area contributed by atoms with Gasteiger partial charge in [-0.2, -0.15) is 0 Å². The van der Waals surface area contributed by atoms with E-state index in [1.165, 1.54) is 4.90 Å². The molecule has 0 fully saturated rings. The largest absolute Gasteiger partial charge is 0.497 e. The Morgan fingerprint density at radius 3 is 2.33 bits per heavy atom. The normalized spacial score (nSPS) is 12.2. The molecule has 0 unspecified atom stereocenters. The van der Waals surface area contributed by atoms with Crippen LogP contribution in [0.25, 0.3) is 11.0 Å². The molecular formula is C28H31N5O3. The summed E-state index contributed by atoms with van der Waals surface area (Å²) in [6.07, 6.45) is 0.738. The summed E-state index contributed by atoms with van der Waals surface area (Å²) in [5, 5.41) is 11.5. The number of carbonyl (C=O) groups excluding carboxylic acids is 2. The number of hydrogen-bond acceptors (Lipinski definition) is 5. The first-order valence-electron chi connectivity index (χ1n) is 11.9. The van der Waals surface area contributed by atoms with Crippen LogP contribution in [0, 0.1) is 0 Å². The number of methoxy groups -OCH3 is 1. The fourth-order valence-electron chi connectivity index (χ4n) is 3.96. The Morgan fingerprint density at radius 1 is 1.00 bits per heavy atom. The van der Waals surface area contributed by atoms with Crippen molar-refractivity contribution >= 4 is 28.5 Å². The number of amides is 2. The molecule has 8 nitrogen and oxygen atoms in total. The van der Waals surface area contributed by atoms with Crippen LogP contribution >= 0.6 is 0 Å². The van der Waals surface area contributed by atoms with Gasteiger partial charge in [0.25, 0.3) is 0 Å². The average Bonchev–Trinajstić information content (AvgIpc) is 3.30. The lowest BCUT2D eigenvalue weighted by Gasteiger charge is -2.34. The zero-order chi connectivity index (χ0) is 25.7. The summed E-state index contributed by atoms with van der Waals surface area (Å²) in [7, 11) is 1.58. The average molecular weight is 486 g/mol. The third-order valence-electron chi connectivity index (χ3n) is 6.29. The minimum atomic E-state index is -0.896. The Labute approximate surface area is 210 Å². The Hall–Kier alpha value is -4.20. The second kappa shape index (κ2) is 10.6. The number of para-hydroxylation sites is 1. The summed E-state index contributed by atoms with van der Waals surface area (Å²) in [6, 6.07) is 23.0. The van der Waals surface area contributed by atoms with Gasteiger partial charge in [-0.25, -0.2) is 4.68 Å². The van der Waals surface area contributed by atoms with Gasteiger partial charge in [0.15, 0.2) is 0 Å². The second-order valence-corrected chi connectivity index (χ2v) is 9.24. The summed E-state index contributed by atoms with van der Waals surface area (Å²) in [5.41, 5.74) is 2.27. The van der Waals surface area contributed by atoms with Gasteiger partial charge in [-0.1, -0.05) is 54.6 Å². The van der Waals surface area contributed by atoms with E-state index in [0.717, 1.165) is 11.9 Å². The molecule has 4 rings (SSSR count). The lowest BCUT2D eigenvalue weighted by atomic mass is 9.98. The predicted octanol–water partition coefficient (Wildman–Crippen LogP) is 4.52. The molecule has 1 aromatic heterocycles. The highest BCUT2D eigenvalue weighted by molar-refractivity contribution is 6.01. The highest BCUT2D eigenvalue weighted by Gasteiger charge is 2.35. The van der Waals surface area contributed by atoms with E-state index < -0.39 is 11.6 Å². The van der Waals surface area contributed by atoms with Crippen LogP contribution in [0.2, 0.25) is 0 Å². The molecule has 1 N–H and O–H groups in total. The van der Waals surface area contributed by atoms with Crippen LogP contribution in [0.4, 0.5) is 5.69 Å². The van der Waals surface area contributed by atoms with E-state index in [1.54, 1.807) is 36.1 Å². The maximum absolute atomic E-state index is 14.0. The minimum Gasteiger partial charge on any atom is -0.497 e. The first kappa shape index (κ1) is 24.9. The number of benzene rings is 3. The van der Waals surface area contributed by atoms with E-state index in [1.807, 2.05) is 75.4 Å². The number of nitrogens with zero attached hydrogens (tertiary/aromatic N) is 4. The molecule has 36 heavy (non-hydrogen) atoms. The number of fused-ring (bicyclic) bond motifs is 1. The summed E-state index contributed by atoms with van der Waals surface area (Å²) >= 11 is 0. The highest BCUT2D eigenvalue weighted by atomic mass is 16.5. The van der Waals surface area contributed by atoms with Gasteiger partial charge in [0.1, 0.15) is 23.9 Å². The third-order valence-corrected chi connectivity index (χ3v) is 6.29. The van der Waals surface area contributed by atoms with Crippen LogP contribution in [-0.4, -0.2) is 39.5 Å². The van der Waals surface area contributed by atoms with Crippen LogP contribution in [0.15, 0.2) is 78.9 Å². The molecule has 0 aliphatic heterocycles. The molecule has 3 aromatic carbocycles. The minimum absolute atomic E-state index is 0.0830. The molecule has 0 bridgehead atoms. The van der Waals surface area contributed by atoms with Gasteiger partial charge in [-0.3, -0.25) is 14.5 Å². The maximum Gasteiger partial charge on any atom is 0.249 e. The number of aromatic nitrogens is 3. The van der Waals surface area contributed by atoms with Crippen molar-refractivity contribution in [3.63, 3.8) is 0 Å². The summed E-state index contributed by atoms with van der Waals surface area (Å²) in [5.74, 6) is 0.0936. The molecule has 0 radical (unpaired) electrons. The Bertz CT molecular complexity index is 1330. The lowest BCUT2D eigenvalue weighted by molar-refractivity contribution is -0.128. The van der Waals surface area contributed by atoms with Gasteiger partial charge in [0, 0.05) is 11.2 Å². The van der Waals surface area contributed by atoms with Crippen molar-refractivity contribution in [2.45, 2.75) is 45.3 Å². The van der Waals surface area contributed by atoms with Gasteiger partial charge in [0.05, 0.1) is 12.6 Å². The molecule has 1 heterocycles. The van der Waals surface area contributed by atoms with Crippen LogP contribution in [-0.2, 0) is 16.1 Å². The SMILES string of the molecule is CCC(C)(C)NC(=O)[C@@H](c1ccccc1)N(C(=O)Cn1nnc2ccccc21)c1ccc(OC)cc1. The van der Waals surface area contributed by atoms with Crippen LogP contribution in [0.5, 0.6) is 5.75 Å². The number of ether oxygens (including phenoxy) is 1. The third kappa shape index (κ3) is 5.38. The molecule has 8 heteroatoms. The monoisotopic (exact) mass is 485 g/mol. The summed E-state index contributed by atoms with van der Waals surface area (Å²) in [6.45, 7) is 5.86. The quantitative estimate of drug-likeness (QED) is 0.377. The van der Waals surface area contributed by atoms with Crippen molar-refractivity contribution in [3.8, 4) is 5.75 Å². The summed E-state index contributed by atoms with van der Waals surface area (Å²) in [4.78, 5) is 29.3. The second-order valence-electron chi connectivity index (χ2n) is 9.24. The zero-order valence-electron chi connectivity index (χ0n) is 21.0. The van der Waals surface area contributed by atoms with Crippen molar-refractivity contribution in [1.82, 2.24) is 20.3 Å². The van der Waals surface area contributed by atoms with Crippen molar-refractivity contribution in [2.24, 2.45) is 0 Å². The van der Waals surface area contributed by atoms with E-state index in [9.17, 15) is 9.59 Å². The number of hydrogen-bond donors (Lipinski definition) is 1. The molecule has 0 spiro atoms. The van der Waals surface area contributed by atoms with Gasteiger partial charge in [-0.15, -0.1) is 5.10 Å². The van der Waals surface area contributed by atoms with E-state index in [0.29, 0.717) is 22.5 Å². The first-order valence-corrected chi connectivity index (χ1v) is 11.9. The van der Waals surface area contributed by atoms with Crippen molar-refractivity contribution in [1.29, 1.82) is 0 Å². The fourth-order valence-corrected chi connectivity index (χ4v) is 3.96. The maximum atomic E-state index is 14.0. The molecule has 2 amide bonds. The van der Waals surface area contributed by atoms with Crippen molar-refractivity contribution < 1.29 is 14.3 Å². The summed E-state index contributed by atoms with van der Waals surface area (Å²) < 4.78 is 6.87. The molecule has 0 aliphatic rings. The topological polar surface area (TPSA) is 89.4 Å². The molecule has 0 aliphatic carbocycles. The van der Waals surface area contributed by atoms with Gasteiger partial charge < -0.3 is 10.1 Å². The number of carbonyl (C=O) groups is 2. The van der Waals surface area contributed by atoms with Crippen LogP contribution in [0.3, 0.4) is 0 Å². The molecule has 1 atom stereocenters. The molecule has 4 aromatic rings. The van der Waals surface area contributed by atoms with Crippen molar-refractivity contribution in [3.05, 3.63) is 84.4 Å². The molecule has 186 valence electrons. The smallest absolute Gasteiger partial charge is 0.249 e. The van der Waals surface area contributed by atoms with E-state index in [2.05, 4.69) is 15.6 Å². The van der Waals surface area contributed by atoms with E-state index in [4.69, 9.17) is 4.74 Å². The van der Waals surface area contributed by atoms with Crippen LogP contribution in [0.1, 0.15) is 38.8 Å². The molecular weight excluding hydrogens is 454 g/mol. The number of anilines is 1. The zero-order valence-corrected chi connectivity index (χ0v) is 21.0. The van der Waals surface area contributed by atoms with Crippen molar-refractivity contribution in [2.75, 3.05) is 12.0 Å². The fraction of sp³-hybridized carbons (Fsp3) is 0.286. The van der Waals surface area contributed by atoms with E-state index in [-0.39, 0.29) is 18.4 Å². The van der Waals surface area contributed by atoms with Gasteiger partial charge >= 0.3 is 0 Å². The molecule has 0 saturated carbocycles. The lowest BCUT2D eigenvalue weighted by Crippen LogP contribution is -2.51. The standard InChI is InChI=1S/C28H31N5O3/c1-5-28(2,3)29-27(35)26(20-11-7-6-8-12-20)33(21-15-17-22(36-4)18-16-21)25(34)19-32-24-14-10-9-13-23(24)30-31-32/h6-18,26H,5,19H2,1-4H3,(H,29,35)/t26-/m1/s1. The van der Waals surface area contributed by atoms with Gasteiger partial charge in [0.2, 0.25) is 11.8 Å². The first-order chi connectivity index (χ1) is 17.3.